The molecule has 3 rings (SSSR count). The maximum Gasteiger partial charge on any atom is 0.526 e. The van der Waals surface area contributed by atoms with Gasteiger partial charge in [-0.2, -0.15) is 0 Å². The number of hydrogen-bond acceptors (Lipinski definition) is 6. The van der Waals surface area contributed by atoms with Gasteiger partial charge in [-0.25, -0.2) is 4.39 Å². The molecule has 1 saturated carbocycles. The molecular formula is C13H14BFO6. The van der Waals surface area contributed by atoms with Crippen LogP contribution in [0.2, 0.25) is 5.82 Å². The molecule has 0 spiro atoms. The lowest BCUT2D eigenvalue weighted by molar-refractivity contribution is -0.185. The van der Waals surface area contributed by atoms with Crippen LogP contribution in [0.3, 0.4) is 0 Å². The topological polar surface area (TPSA) is 85.2 Å². The van der Waals surface area contributed by atoms with E-state index in [1.807, 2.05) is 0 Å². The van der Waals surface area contributed by atoms with Gasteiger partial charge in [0, 0.05) is 12.7 Å². The van der Waals surface area contributed by atoms with E-state index in [0.29, 0.717) is 0 Å². The van der Waals surface area contributed by atoms with Crippen molar-refractivity contribution in [1.29, 1.82) is 0 Å². The third-order valence-electron chi connectivity index (χ3n) is 3.75. The number of carbonyl (C=O) groups excluding carboxylic acids is 1. The van der Waals surface area contributed by atoms with Gasteiger partial charge in [0.1, 0.15) is 11.6 Å². The van der Waals surface area contributed by atoms with Gasteiger partial charge in [-0.1, -0.05) is 6.07 Å². The number of rotatable bonds is 4. The molecule has 112 valence electrons. The van der Waals surface area contributed by atoms with E-state index in [4.69, 9.17) is 9.39 Å². The Morgan fingerprint density at radius 3 is 3.10 bits per heavy atom. The molecule has 21 heavy (non-hydrogen) atoms. The van der Waals surface area contributed by atoms with Crippen LogP contribution >= 0.6 is 0 Å². The van der Waals surface area contributed by atoms with Crippen molar-refractivity contribution in [3.05, 3.63) is 29.1 Å². The van der Waals surface area contributed by atoms with Crippen molar-refractivity contribution < 1.29 is 33.4 Å². The lowest BCUT2D eigenvalue weighted by atomic mass is 9.77. The quantitative estimate of drug-likeness (QED) is 0.491. The summed E-state index contributed by atoms with van der Waals surface area (Å²) < 4.78 is 28.7. The first-order valence-electron chi connectivity index (χ1n) is 6.59. The van der Waals surface area contributed by atoms with Crippen LogP contribution in [0.25, 0.3) is 0 Å². The fourth-order valence-electron chi connectivity index (χ4n) is 2.61. The average Bonchev–Trinajstić information content (AvgIpc) is 3.19. The summed E-state index contributed by atoms with van der Waals surface area (Å²) in [5, 5.41) is 19.7. The van der Waals surface area contributed by atoms with Gasteiger partial charge in [0.25, 0.3) is 0 Å². The number of benzene rings is 1. The fourth-order valence-corrected chi connectivity index (χ4v) is 2.61. The van der Waals surface area contributed by atoms with Gasteiger partial charge in [-0.05, 0) is 24.0 Å². The molecule has 3 atom stereocenters. The number of fused-ring (bicyclic) bond motifs is 3. The number of aliphatic hydroxyl groups excluding tert-OH is 1. The zero-order valence-electron chi connectivity index (χ0n) is 11.3. The number of esters is 1. The Balaban J connectivity index is 1.84. The Bertz CT molecular complexity index is 580. The van der Waals surface area contributed by atoms with E-state index in [9.17, 15) is 19.3 Å². The Morgan fingerprint density at radius 2 is 2.38 bits per heavy atom. The van der Waals surface area contributed by atoms with Crippen LogP contribution < -0.4 is 4.65 Å². The largest absolute Gasteiger partial charge is 0.535 e. The van der Waals surface area contributed by atoms with Crippen LogP contribution in [0.15, 0.2) is 12.1 Å². The third-order valence-corrected chi connectivity index (χ3v) is 3.75. The minimum atomic E-state index is -1.65. The van der Waals surface area contributed by atoms with Gasteiger partial charge in [0.2, 0.25) is 0 Å². The lowest BCUT2D eigenvalue weighted by Gasteiger charge is -2.24. The highest BCUT2D eigenvalue weighted by molar-refractivity contribution is 6.48. The molecule has 1 unspecified atom stereocenters. The number of aliphatic hydroxyl groups is 1. The molecule has 1 aliphatic carbocycles. The van der Waals surface area contributed by atoms with Crippen molar-refractivity contribution in [2.75, 3.05) is 6.79 Å². The molecule has 2 N–H and O–H groups in total. The maximum absolute atomic E-state index is 14.0. The molecule has 8 heteroatoms. The van der Waals surface area contributed by atoms with Crippen molar-refractivity contribution in [1.82, 2.24) is 0 Å². The second kappa shape index (κ2) is 5.29. The van der Waals surface area contributed by atoms with E-state index >= 15 is 0 Å². The van der Waals surface area contributed by atoms with E-state index in [1.54, 1.807) is 6.07 Å². The second-order valence-corrected chi connectivity index (χ2v) is 5.17. The summed E-state index contributed by atoms with van der Waals surface area (Å²) >= 11 is 0. The molecule has 0 saturated heterocycles. The van der Waals surface area contributed by atoms with Crippen LogP contribution in [0.4, 0.5) is 4.39 Å². The molecule has 0 bridgehead atoms. The molecule has 1 aromatic carbocycles. The normalized spacial score (nSPS) is 23.7. The zero-order valence-corrected chi connectivity index (χ0v) is 11.3. The molecule has 0 amide bonds. The van der Waals surface area contributed by atoms with E-state index in [0.717, 1.165) is 12.0 Å². The van der Waals surface area contributed by atoms with Crippen LogP contribution in [0.5, 0.6) is 5.75 Å². The average molecular weight is 296 g/mol. The highest BCUT2D eigenvalue weighted by Crippen LogP contribution is 2.60. The Labute approximate surface area is 120 Å². The van der Waals surface area contributed by atoms with E-state index in [1.165, 1.54) is 13.0 Å². The molecule has 1 aromatic rings. The first kappa shape index (κ1) is 14.3. The molecule has 2 aliphatic rings. The summed E-state index contributed by atoms with van der Waals surface area (Å²) in [4.78, 5) is 10.6. The lowest BCUT2D eigenvalue weighted by Crippen LogP contribution is -2.28. The summed E-state index contributed by atoms with van der Waals surface area (Å²) in [5.74, 6) is -1.05. The van der Waals surface area contributed by atoms with E-state index < -0.39 is 32.0 Å². The standard InChI is InChI=1S/C13H14BFO6/c1-6(16)19-5-20-13(17)11-10(15)3-2-7-8-4-9(8)14(18)21-12(7)11/h2-3,8-9,13,17-18H,4-5H2,1H3/t8-,9-,13?/m1/s1. The predicted molar refractivity (Wildman–Crippen MR) is 68.8 cm³/mol. The SMILES string of the molecule is CC(=O)OCOC(O)c1c(F)ccc2c1OB(O)[C@@H]1C[C@H]21. The number of hydrogen-bond donors (Lipinski definition) is 2. The monoisotopic (exact) mass is 296 g/mol. The number of ether oxygens (including phenoxy) is 2. The first-order valence-corrected chi connectivity index (χ1v) is 6.59. The predicted octanol–water partition coefficient (Wildman–Crippen LogP) is 1.08. The number of carbonyl (C=O) groups is 1. The van der Waals surface area contributed by atoms with Gasteiger partial charge >= 0.3 is 13.1 Å². The Hall–Kier alpha value is -1.64. The summed E-state index contributed by atoms with van der Waals surface area (Å²) in [6.07, 6.45) is -0.884. The molecule has 1 fully saturated rings. The van der Waals surface area contributed by atoms with Gasteiger partial charge in [-0.15, -0.1) is 0 Å². The highest BCUT2D eigenvalue weighted by atomic mass is 19.1. The van der Waals surface area contributed by atoms with Crippen LogP contribution in [-0.4, -0.2) is 30.0 Å². The van der Waals surface area contributed by atoms with Crippen molar-refractivity contribution in [3.63, 3.8) is 0 Å². The maximum atomic E-state index is 14.0. The Kier molecular flexibility index (Phi) is 3.60. The first-order chi connectivity index (χ1) is 9.99. The zero-order chi connectivity index (χ0) is 15.1. The fraction of sp³-hybridized carbons (Fsp3) is 0.462. The van der Waals surface area contributed by atoms with Crippen molar-refractivity contribution in [2.45, 2.75) is 31.4 Å². The molecule has 6 nitrogen and oxygen atoms in total. The molecular weight excluding hydrogens is 282 g/mol. The summed E-state index contributed by atoms with van der Waals surface area (Å²) in [7, 11) is -1.01. The molecule has 1 heterocycles. The summed E-state index contributed by atoms with van der Waals surface area (Å²) in [5.41, 5.74) is 0.556. The van der Waals surface area contributed by atoms with E-state index in [2.05, 4.69) is 4.74 Å². The van der Waals surface area contributed by atoms with Gasteiger partial charge < -0.3 is 24.3 Å². The molecule has 1 aliphatic heterocycles. The van der Waals surface area contributed by atoms with Crippen LogP contribution in [0.1, 0.15) is 36.7 Å². The smallest absolute Gasteiger partial charge is 0.526 e. The molecule has 0 aromatic heterocycles. The summed E-state index contributed by atoms with van der Waals surface area (Å²) in [6.45, 7) is 0.682. The minimum absolute atomic E-state index is 0.0231. The second-order valence-electron chi connectivity index (χ2n) is 5.17. The van der Waals surface area contributed by atoms with Crippen LogP contribution in [-0.2, 0) is 14.3 Å². The summed E-state index contributed by atoms with van der Waals surface area (Å²) in [6, 6.07) is 2.81. The van der Waals surface area contributed by atoms with Gasteiger partial charge in [0.05, 0.1) is 5.56 Å². The molecule has 0 radical (unpaired) electrons. The van der Waals surface area contributed by atoms with Gasteiger partial charge in [-0.3, -0.25) is 4.79 Å². The van der Waals surface area contributed by atoms with Crippen molar-refractivity contribution in [2.24, 2.45) is 0 Å². The van der Waals surface area contributed by atoms with Crippen molar-refractivity contribution in [3.8, 4) is 5.75 Å². The minimum Gasteiger partial charge on any atom is -0.535 e. The van der Waals surface area contributed by atoms with E-state index in [-0.39, 0.29) is 23.0 Å². The number of halogens is 1. The third kappa shape index (κ3) is 2.62. The Morgan fingerprint density at radius 1 is 1.62 bits per heavy atom. The highest BCUT2D eigenvalue weighted by Gasteiger charge is 2.54. The van der Waals surface area contributed by atoms with Crippen LogP contribution in [0, 0.1) is 5.82 Å². The van der Waals surface area contributed by atoms with Gasteiger partial charge in [0.15, 0.2) is 13.1 Å². The van der Waals surface area contributed by atoms with Crippen molar-refractivity contribution >= 4 is 13.1 Å².